The first-order chi connectivity index (χ1) is 20.7. The van der Waals surface area contributed by atoms with Gasteiger partial charge in [-0.2, -0.15) is 0 Å². The van der Waals surface area contributed by atoms with Gasteiger partial charge >= 0.3 is 5.97 Å². The molecule has 8 nitrogen and oxygen atoms in total. The van der Waals surface area contributed by atoms with Crippen LogP contribution in [-0.2, 0) is 14.3 Å². The summed E-state index contributed by atoms with van der Waals surface area (Å²) in [6.07, 6.45) is 3.01. The Labute approximate surface area is 252 Å². The summed E-state index contributed by atoms with van der Waals surface area (Å²) >= 11 is 6.40. The van der Waals surface area contributed by atoms with Gasteiger partial charge in [-0.3, -0.25) is 19.3 Å². The lowest BCUT2D eigenvalue weighted by Crippen LogP contribution is -2.32. The van der Waals surface area contributed by atoms with Crippen LogP contribution in [0.1, 0.15) is 45.5 Å². The number of ketones is 1. The van der Waals surface area contributed by atoms with Crippen LogP contribution in [0, 0.1) is 30.6 Å². The molecule has 2 bridgehead atoms. The second-order valence-electron chi connectivity index (χ2n) is 11.6. The average Bonchev–Trinajstić information content (AvgIpc) is 3.71. The Morgan fingerprint density at radius 2 is 1.63 bits per heavy atom. The molecule has 216 valence electrons. The number of carbonyl (C=O) groups excluding carboxylic acids is 4. The molecule has 4 unspecified atom stereocenters. The van der Waals surface area contributed by atoms with Crippen molar-refractivity contribution in [2.24, 2.45) is 23.7 Å². The number of hydrogen-bond acceptors (Lipinski definition) is 7. The Kier molecular flexibility index (Phi) is 6.54. The highest BCUT2D eigenvalue weighted by Crippen LogP contribution is 2.56. The summed E-state index contributed by atoms with van der Waals surface area (Å²) in [7, 11) is 0. The van der Waals surface area contributed by atoms with E-state index in [1.165, 1.54) is 17.0 Å². The van der Waals surface area contributed by atoms with Gasteiger partial charge in [0.1, 0.15) is 5.75 Å². The van der Waals surface area contributed by atoms with E-state index in [0.29, 0.717) is 50.3 Å². The van der Waals surface area contributed by atoms with Gasteiger partial charge in [-0.25, -0.2) is 9.78 Å². The highest BCUT2D eigenvalue weighted by atomic mass is 35.5. The van der Waals surface area contributed by atoms with Crippen molar-refractivity contribution in [1.29, 1.82) is 0 Å². The largest absolute Gasteiger partial charge is 0.507 e. The Hall–Kier alpha value is -4.56. The molecule has 1 N–H and O–H groups in total. The number of phenols is 1. The number of phenolic OH excluding ortho intramolecular Hbond substituents is 1. The molecule has 9 heteroatoms. The molecule has 0 radical (unpaired) electrons. The standard InChI is InChI=1S/C34H27ClN2O6/c1-17-25(35)13-12-22-24(34(42)43-16-28(39)23-4-2-3-5-27(23)38)15-26(36-31(17)22)18-8-10-21(11-9-18)37-32(40)29-19-6-7-20(14-19)30(29)33(37)41/h2-5,8-13,15,19-20,29-30,38H,6-7,14,16H2,1H3. The van der Waals surface area contributed by atoms with Gasteiger partial charge in [0.05, 0.1) is 39.9 Å². The van der Waals surface area contributed by atoms with Crippen molar-refractivity contribution in [3.63, 3.8) is 0 Å². The van der Waals surface area contributed by atoms with Crippen molar-refractivity contribution >= 4 is 51.8 Å². The number of nitrogens with zero attached hydrogens (tertiary/aromatic N) is 2. The highest BCUT2D eigenvalue weighted by molar-refractivity contribution is 6.32. The van der Waals surface area contributed by atoms with Gasteiger partial charge in [0.15, 0.2) is 6.61 Å². The topological polar surface area (TPSA) is 114 Å². The number of esters is 1. The monoisotopic (exact) mass is 594 g/mol. The van der Waals surface area contributed by atoms with Gasteiger partial charge in [0, 0.05) is 16.0 Å². The predicted molar refractivity (Wildman–Crippen MR) is 160 cm³/mol. The van der Waals surface area contributed by atoms with E-state index in [4.69, 9.17) is 21.3 Å². The number of aryl methyl sites for hydroxylation is 1. The molecule has 3 aromatic carbocycles. The zero-order valence-corrected chi connectivity index (χ0v) is 24.0. The summed E-state index contributed by atoms with van der Waals surface area (Å²) in [5.74, 6) is -1.46. The molecule has 2 heterocycles. The van der Waals surface area contributed by atoms with Gasteiger partial charge in [-0.15, -0.1) is 0 Å². The number of hydrogen-bond donors (Lipinski definition) is 1. The van der Waals surface area contributed by atoms with Gasteiger partial charge in [0.25, 0.3) is 0 Å². The molecule has 3 aliphatic rings. The molecule has 2 aliphatic carbocycles. The van der Waals surface area contributed by atoms with Crippen molar-refractivity contribution in [1.82, 2.24) is 4.98 Å². The molecule has 43 heavy (non-hydrogen) atoms. The summed E-state index contributed by atoms with van der Waals surface area (Å²) in [5.41, 5.74) is 3.07. The molecule has 2 amide bonds. The smallest absolute Gasteiger partial charge is 0.339 e. The number of fused-ring (bicyclic) bond motifs is 6. The van der Waals surface area contributed by atoms with Gasteiger partial charge < -0.3 is 9.84 Å². The fraction of sp³-hybridized carbons (Fsp3) is 0.265. The zero-order chi connectivity index (χ0) is 30.0. The van der Waals surface area contributed by atoms with Crippen LogP contribution in [0.15, 0.2) is 66.7 Å². The maximum atomic E-state index is 13.3. The van der Waals surface area contributed by atoms with E-state index in [0.717, 1.165) is 19.3 Å². The van der Waals surface area contributed by atoms with E-state index in [1.54, 1.807) is 61.5 Å². The number of aromatic nitrogens is 1. The van der Waals surface area contributed by atoms with Gasteiger partial charge in [-0.1, -0.05) is 41.9 Å². The van der Waals surface area contributed by atoms with Crippen molar-refractivity contribution in [2.75, 3.05) is 11.5 Å². The molecule has 4 atom stereocenters. The number of imide groups is 1. The maximum absolute atomic E-state index is 13.3. The summed E-state index contributed by atoms with van der Waals surface area (Å²) in [6.45, 7) is 1.24. The van der Waals surface area contributed by atoms with Crippen LogP contribution in [-0.4, -0.2) is 40.3 Å². The summed E-state index contributed by atoms with van der Waals surface area (Å²) < 4.78 is 5.40. The number of halogens is 1. The third-order valence-corrected chi connectivity index (χ3v) is 9.69. The first-order valence-electron chi connectivity index (χ1n) is 14.3. The van der Waals surface area contributed by atoms with Gasteiger partial charge in [0.2, 0.25) is 17.6 Å². The lowest BCUT2D eigenvalue weighted by Gasteiger charge is -2.19. The lowest BCUT2D eigenvalue weighted by molar-refractivity contribution is -0.123. The Morgan fingerprint density at radius 1 is 0.953 bits per heavy atom. The van der Waals surface area contributed by atoms with E-state index in [-0.39, 0.29) is 40.5 Å². The number of rotatable bonds is 6. The van der Waals surface area contributed by atoms with Crippen LogP contribution in [0.3, 0.4) is 0 Å². The third kappa shape index (κ3) is 4.39. The molecule has 1 aromatic heterocycles. The fourth-order valence-electron chi connectivity index (χ4n) is 7.16. The number of para-hydroxylation sites is 1. The van der Waals surface area contributed by atoms with E-state index < -0.39 is 18.4 Å². The van der Waals surface area contributed by atoms with Crippen LogP contribution in [0.5, 0.6) is 5.75 Å². The van der Waals surface area contributed by atoms with E-state index >= 15 is 0 Å². The number of carbonyl (C=O) groups is 4. The van der Waals surface area contributed by atoms with Crippen LogP contribution in [0.25, 0.3) is 22.2 Å². The molecule has 1 aliphatic heterocycles. The zero-order valence-electron chi connectivity index (χ0n) is 23.2. The minimum absolute atomic E-state index is 0.0598. The molecule has 2 saturated carbocycles. The van der Waals surface area contributed by atoms with E-state index in [2.05, 4.69) is 0 Å². The van der Waals surface area contributed by atoms with E-state index in [1.807, 2.05) is 0 Å². The van der Waals surface area contributed by atoms with Gasteiger partial charge in [-0.05, 0) is 80.0 Å². The molecule has 3 fully saturated rings. The van der Waals surface area contributed by atoms with Crippen molar-refractivity contribution < 1.29 is 29.0 Å². The summed E-state index contributed by atoms with van der Waals surface area (Å²) in [5, 5.41) is 11.0. The second-order valence-corrected chi connectivity index (χ2v) is 12.0. The number of pyridine rings is 1. The molecule has 4 aromatic rings. The SMILES string of the molecule is Cc1c(Cl)ccc2c(C(=O)OCC(=O)c3ccccc3O)cc(-c3ccc(N4C(=O)C5C6CCC(C6)C5C4=O)cc3)nc12. The summed E-state index contributed by atoms with van der Waals surface area (Å²) in [6, 6.07) is 18.0. The number of Topliss-reactive ketones (excluding diaryl/α,β-unsaturated/α-hetero) is 1. The number of amides is 2. The number of anilines is 1. The third-order valence-electron chi connectivity index (χ3n) is 9.28. The highest BCUT2D eigenvalue weighted by Gasteiger charge is 2.61. The fourth-order valence-corrected chi connectivity index (χ4v) is 7.31. The lowest BCUT2D eigenvalue weighted by atomic mass is 9.81. The number of benzene rings is 3. The average molecular weight is 595 g/mol. The Balaban J connectivity index is 1.19. The van der Waals surface area contributed by atoms with E-state index in [9.17, 15) is 24.3 Å². The number of aromatic hydroxyl groups is 1. The van der Waals surface area contributed by atoms with Crippen molar-refractivity contribution in [2.45, 2.75) is 26.2 Å². The quantitative estimate of drug-likeness (QED) is 0.162. The molecular formula is C34H27ClN2O6. The first-order valence-corrected chi connectivity index (χ1v) is 14.7. The normalized spacial score (nSPS) is 22.3. The van der Waals surface area contributed by atoms with Crippen LogP contribution < -0.4 is 4.90 Å². The molecule has 1 saturated heterocycles. The maximum Gasteiger partial charge on any atom is 0.339 e. The molecule has 0 spiro atoms. The number of ether oxygens (including phenoxy) is 1. The first kappa shape index (κ1) is 27.3. The Morgan fingerprint density at radius 3 is 2.30 bits per heavy atom. The minimum atomic E-state index is -0.731. The van der Waals surface area contributed by atoms with Crippen molar-refractivity contribution in [3.8, 4) is 17.0 Å². The van der Waals surface area contributed by atoms with Crippen LogP contribution in [0.4, 0.5) is 5.69 Å². The molecular weight excluding hydrogens is 568 g/mol. The predicted octanol–water partition coefficient (Wildman–Crippen LogP) is 6.14. The summed E-state index contributed by atoms with van der Waals surface area (Å²) in [4.78, 5) is 58.7. The van der Waals surface area contributed by atoms with Crippen LogP contribution >= 0.6 is 11.6 Å². The van der Waals surface area contributed by atoms with Crippen molar-refractivity contribution in [3.05, 3.63) is 88.4 Å². The second kappa shape index (κ2) is 10.3. The minimum Gasteiger partial charge on any atom is -0.507 e. The van der Waals surface area contributed by atoms with Crippen LogP contribution in [0.2, 0.25) is 5.02 Å². The molecule has 7 rings (SSSR count). The Bertz CT molecular complexity index is 1820.